The van der Waals surface area contributed by atoms with E-state index in [2.05, 4.69) is 11.1 Å². The zero-order valence-corrected chi connectivity index (χ0v) is 39.4. The lowest BCUT2D eigenvalue weighted by Crippen LogP contribution is -2.75. The zero-order chi connectivity index (χ0) is 60.7. The molecule has 0 saturated carbocycles. The number of ketones is 1. The molecule has 7 rings (SSSR count). The van der Waals surface area contributed by atoms with Gasteiger partial charge in [-0.3, -0.25) is 4.79 Å². The van der Waals surface area contributed by atoms with E-state index in [0.717, 1.165) is 0 Å². The first-order chi connectivity index (χ1) is 37.0. The van der Waals surface area contributed by atoms with Gasteiger partial charge in [-0.15, -0.1) is 0 Å². The number of hydrogen-bond acceptors (Lipinski definition) is 4. The predicted molar refractivity (Wildman–Crippen MR) is 237 cm³/mol. The van der Waals surface area contributed by atoms with Crippen molar-refractivity contribution in [3.05, 3.63) is 202 Å². The van der Waals surface area contributed by atoms with Crippen molar-refractivity contribution in [1.82, 2.24) is 4.98 Å². The Labute approximate surface area is 438 Å². The molecule has 0 amide bonds. The van der Waals surface area contributed by atoms with E-state index in [9.17, 15) is 110 Å². The van der Waals surface area contributed by atoms with E-state index >= 15 is 0 Å². The van der Waals surface area contributed by atoms with E-state index in [1.165, 1.54) is 0 Å². The van der Waals surface area contributed by atoms with Crippen LogP contribution in [-0.2, 0) is 56.0 Å². The summed E-state index contributed by atoms with van der Waals surface area (Å²) in [6.07, 6.45) is -49.8. The fourth-order valence-corrected chi connectivity index (χ4v) is 8.23. The van der Waals surface area contributed by atoms with E-state index in [0.29, 0.717) is 22.8 Å². The van der Waals surface area contributed by atoms with Crippen LogP contribution in [0.1, 0.15) is 60.4 Å². The topological polar surface area (TPSA) is 66.9 Å². The SMILES string of the molecule is FC(F)(F)c1cc([B-](c2cc(C(F)(F)F)cc(C(F)(F)F)c2)(c2cc(C(F)(F)F)cc(C(F)(F)F)c2)c2cc(C(F)(F)F)cc(C(F)(F)F)c2)cc(C(F)(F)F)c1.N#Cc1ccc(Oc2c[n+](CC(=O)c3ccccc3)ccn2)cc1. The minimum Gasteiger partial charge on any atom is -0.434 e. The first-order valence-electron chi connectivity index (χ1n) is 22.0. The second kappa shape index (κ2) is 22.0. The van der Waals surface area contributed by atoms with Crippen molar-refractivity contribution in [2.75, 3.05) is 0 Å². The molecule has 1 aromatic heterocycles. The Kier molecular flexibility index (Phi) is 16.8. The molecule has 0 fully saturated rings. The number of hydrogen-bond donors (Lipinski definition) is 0. The molecule has 0 bridgehead atoms. The van der Waals surface area contributed by atoms with Crippen LogP contribution in [0.5, 0.6) is 11.6 Å². The summed E-state index contributed by atoms with van der Waals surface area (Å²) in [5, 5.41) is 8.79. The third-order valence-corrected chi connectivity index (χ3v) is 11.8. The number of carbonyl (C=O) groups is 1. The molecule has 428 valence electrons. The highest BCUT2D eigenvalue weighted by Gasteiger charge is 2.47. The molecule has 0 radical (unpaired) electrons. The third-order valence-electron chi connectivity index (χ3n) is 11.8. The molecular formula is C51H26BF24N3O2. The molecular weight excluding hydrogens is 1150 g/mol. The summed E-state index contributed by atoms with van der Waals surface area (Å²) in [5.41, 5.74) is -29.0. The molecule has 6 aromatic carbocycles. The molecule has 0 aliphatic rings. The summed E-state index contributed by atoms with van der Waals surface area (Å²) in [4.78, 5) is 16.4. The molecule has 81 heavy (non-hydrogen) atoms. The van der Waals surface area contributed by atoms with Crippen molar-refractivity contribution < 1.29 is 119 Å². The van der Waals surface area contributed by atoms with Gasteiger partial charge in [-0.2, -0.15) is 137 Å². The molecule has 0 aliphatic carbocycles. The van der Waals surface area contributed by atoms with Gasteiger partial charge in [0, 0.05) is 5.56 Å². The number of aromatic nitrogens is 2. The number of benzene rings is 6. The number of ether oxygens (including phenoxy) is 1. The van der Waals surface area contributed by atoms with Gasteiger partial charge in [0.1, 0.15) is 11.9 Å². The summed E-state index contributed by atoms with van der Waals surface area (Å²) in [6.45, 7) is 0.205. The fourth-order valence-electron chi connectivity index (χ4n) is 8.23. The fraction of sp³-hybridized carbons (Fsp3) is 0.176. The van der Waals surface area contributed by atoms with Gasteiger partial charge >= 0.3 is 49.4 Å². The van der Waals surface area contributed by atoms with Crippen LogP contribution >= 0.6 is 0 Å². The van der Waals surface area contributed by atoms with Crippen molar-refractivity contribution in [3.63, 3.8) is 0 Å². The number of alkyl halides is 24. The van der Waals surface area contributed by atoms with E-state index in [-0.39, 0.29) is 12.3 Å². The summed E-state index contributed by atoms with van der Waals surface area (Å²) in [7, 11) is 0. The highest BCUT2D eigenvalue weighted by atomic mass is 19.4. The molecule has 0 atom stereocenters. The standard InChI is InChI=1S/C32H12BF24.C19H14N3O2/c34-25(35,36)13-1-14(26(37,38)39)6-21(5-13)33(22-7-15(27(40,41)42)2-16(8-22)28(43,44)45,23-9-17(29(46,47)48)3-18(10-23)30(49,50)51)24-11-19(31(52,53)54)4-20(12-24)32(55,56)57;20-12-15-6-8-17(9-7-15)24-19-14-22(11-10-21-19)13-18(23)16-4-2-1-3-5-16/h1-12H;1-11,14H,13H2/q-1;+1. The average Bonchev–Trinajstić information content (AvgIpc) is 2.95. The van der Waals surface area contributed by atoms with Crippen LogP contribution in [0.25, 0.3) is 0 Å². The van der Waals surface area contributed by atoms with Crippen molar-refractivity contribution >= 4 is 33.8 Å². The summed E-state index contributed by atoms with van der Waals surface area (Å²) in [6, 6.07) is 9.12. The van der Waals surface area contributed by atoms with Gasteiger partial charge < -0.3 is 4.74 Å². The average molecular weight is 1180 g/mol. The smallest absolute Gasteiger partial charge is 0.416 e. The Morgan fingerprint density at radius 2 is 0.741 bits per heavy atom. The van der Waals surface area contributed by atoms with Crippen LogP contribution in [0.3, 0.4) is 0 Å². The number of nitrogens with zero attached hydrogens (tertiary/aromatic N) is 3. The van der Waals surface area contributed by atoms with Crippen molar-refractivity contribution in [2.24, 2.45) is 0 Å². The summed E-state index contributed by atoms with van der Waals surface area (Å²) >= 11 is 0. The number of halogens is 24. The minimum atomic E-state index is -6.13. The third kappa shape index (κ3) is 14.8. The van der Waals surface area contributed by atoms with Gasteiger partial charge in [-0.25, -0.2) is 4.98 Å². The van der Waals surface area contributed by atoms with Crippen LogP contribution < -0.4 is 31.2 Å². The molecule has 30 heteroatoms. The number of carbonyl (C=O) groups excluding carboxylic acids is 1. The highest BCUT2D eigenvalue weighted by Crippen LogP contribution is 2.41. The Balaban J connectivity index is 0.000000363. The Hall–Kier alpha value is -8.26. The normalized spacial score (nSPS) is 13.0. The highest BCUT2D eigenvalue weighted by molar-refractivity contribution is 7.20. The Morgan fingerprint density at radius 3 is 1.01 bits per heavy atom. The molecule has 0 spiro atoms. The Morgan fingerprint density at radius 1 is 0.444 bits per heavy atom. The van der Waals surface area contributed by atoms with E-state index in [1.807, 2.05) is 18.2 Å². The monoisotopic (exact) mass is 1180 g/mol. The molecule has 5 nitrogen and oxygen atoms in total. The largest absolute Gasteiger partial charge is 0.434 e. The van der Waals surface area contributed by atoms with Gasteiger partial charge in [0.05, 0.1) is 62.3 Å². The first kappa shape index (κ1) is 61.9. The number of Topliss-reactive ketones (excluding diaryl/α,β-unsaturated/α-hetero) is 1. The molecule has 7 aromatic rings. The van der Waals surface area contributed by atoms with Crippen LogP contribution in [-0.4, -0.2) is 16.9 Å². The maximum atomic E-state index is 14.2. The predicted octanol–water partition coefficient (Wildman–Crippen LogP) is 14.1. The van der Waals surface area contributed by atoms with E-state index < -0.39 is 195 Å². The van der Waals surface area contributed by atoms with Gasteiger partial charge in [0.15, 0.2) is 6.20 Å². The van der Waals surface area contributed by atoms with Gasteiger partial charge in [-0.1, -0.05) is 78.9 Å². The maximum Gasteiger partial charge on any atom is 0.416 e. The van der Waals surface area contributed by atoms with Crippen LogP contribution in [0, 0.1) is 11.3 Å². The van der Waals surface area contributed by atoms with E-state index in [4.69, 9.17) is 10.00 Å². The van der Waals surface area contributed by atoms with Gasteiger partial charge in [0.25, 0.3) is 5.88 Å². The van der Waals surface area contributed by atoms with Gasteiger partial charge in [0.2, 0.25) is 18.5 Å². The van der Waals surface area contributed by atoms with Gasteiger partial charge in [-0.05, 0) is 48.5 Å². The van der Waals surface area contributed by atoms with Crippen molar-refractivity contribution in [1.29, 1.82) is 5.26 Å². The number of nitriles is 1. The summed E-state index contributed by atoms with van der Waals surface area (Å²) < 4.78 is 348. The maximum absolute atomic E-state index is 14.2. The van der Waals surface area contributed by atoms with Crippen molar-refractivity contribution in [3.8, 4) is 17.7 Å². The Bertz CT molecular complexity index is 3020. The second-order valence-corrected chi connectivity index (χ2v) is 17.3. The first-order valence-corrected chi connectivity index (χ1v) is 22.0. The molecule has 0 saturated heterocycles. The van der Waals surface area contributed by atoms with Crippen LogP contribution in [0.15, 0.2) is 146 Å². The van der Waals surface area contributed by atoms with E-state index in [1.54, 1.807) is 59.6 Å². The zero-order valence-electron chi connectivity index (χ0n) is 39.4. The summed E-state index contributed by atoms with van der Waals surface area (Å²) in [5.74, 6) is 0.966. The molecule has 0 aliphatic heterocycles. The van der Waals surface area contributed by atoms with Crippen LogP contribution in [0.2, 0.25) is 0 Å². The molecule has 0 N–H and O–H groups in total. The second-order valence-electron chi connectivity index (χ2n) is 17.3. The minimum absolute atomic E-state index is 0.0103. The van der Waals surface area contributed by atoms with Crippen LogP contribution in [0.4, 0.5) is 105 Å². The lowest BCUT2D eigenvalue weighted by Gasteiger charge is -2.46. The quantitative estimate of drug-likeness (QED) is 0.0625. The van der Waals surface area contributed by atoms with Crippen molar-refractivity contribution in [2.45, 2.75) is 56.0 Å². The molecule has 1 heterocycles. The lowest BCUT2D eigenvalue weighted by molar-refractivity contribution is -0.683. The number of rotatable bonds is 9. The lowest BCUT2D eigenvalue weighted by atomic mass is 9.12. The molecule has 0 unspecified atom stereocenters.